The molecule has 0 aliphatic heterocycles. The zero-order chi connectivity index (χ0) is 15.0. The summed E-state index contributed by atoms with van der Waals surface area (Å²) < 4.78 is 5.02. The second kappa shape index (κ2) is 8.23. The lowest BCUT2D eigenvalue weighted by Crippen LogP contribution is -2.19. The molecule has 1 amide bonds. The van der Waals surface area contributed by atoms with Crippen molar-refractivity contribution in [3.8, 4) is 0 Å². The Kier molecular flexibility index (Phi) is 6.61. The SMILES string of the molecule is CCOCCC(=O)N/N=C/c1cc([N+](=O)[O-])ccc1Cl. The molecule has 0 aromatic heterocycles. The van der Waals surface area contributed by atoms with E-state index in [1.54, 1.807) is 0 Å². The minimum Gasteiger partial charge on any atom is -0.381 e. The van der Waals surface area contributed by atoms with Gasteiger partial charge in [0, 0.05) is 29.3 Å². The van der Waals surface area contributed by atoms with Gasteiger partial charge >= 0.3 is 0 Å². The summed E-state index contributed by atoms with van der Waals surface area (Å²) in [6, 6.07) is 3.97. The number of benzene rings is 1. The van der Waals surface area contributed by atoms with Crippen molar-refractivity contribution in [3.63, 3.8) is 0 Å². The molecule has 20 heavy (non-hydrogen) atoms. The standard InChI is InChI=1S/C12H14ClN3O4/c1-2-20-6-5-12(17)15-14-8-9-7-10(16(18)19)3-4-11(9)13/h3-4,7-8H,2,5-6H2,1H3,(H,15,17)/b14-8+. The van der Waals surface area contributed by atoms with E-state index in [4.69, 9.17) is 16.3 Å². The first kappa shape index (κ1) is 16.1. The van der Waals surface area contributed by atoms with Crippen molar-refractivity contribution < 1.29 is 14.5 Å². The zero-order valence-corrected chi connectivity index (χ0v) is 11.6. The number of nitro benzene ring substituents is 1. The number of nitrogens with zero attached hydrogens (tertiary/aromatic N) is 2. The van der Waals surface area contributed by atoms with Crippen LogP contribution in [0.1, 0.15) is 18.9 Å². The van der Waals surface area contributed by atoms with Crippen molar-refractivity contribution in [2.24, 2.45) is 5.10 Å². The molecule has 0 unspecified atom stereocenters. The average molecular weight is 300 g/mol. The van der Waals surface area contributed by atoms with E-state index in [0.29, 0.717) is 23.8 Å². The van der Waals surface area contributed by atoms with Gasteiger partial charge in [-0.05, 0) is 13.0 Å². The molecule has 1 aromatic carbocycles. The summed E-state index contributed by atoms with van der Waals surface area (Å²) in [5.74, 6) is -0.309. The molecular weight excluding hydrogens is 286 g/mol. The van der Waals surface area contributed by atoms with Gasteiger partial charge < -0.3 is 4.74 Å². The third-order valence-corrected chi connectivity index (χ3v) is 2.61. The fraction of sp³-hybridized carbons (Fsp3) is 0.333. The Hall–Kier alpha value is -1.99. The van der Waals surface area contributed by atoms with Gasteiger partial charge in [-0.1, -0.05) is 11.6 Å². The second-order valence-electron chi connectivity index (χ2n) is 3.70. The Bertz CT molecular complexity index is 519. The van der Waals surface area contributed by atoms with Crippen LogP contribution in [0.25, 0.3) is 0 Å². The molecule has 1 N–H and O–H groups in total. The quantitative estimate of drug-likeness (QED) is 0.361. The Labute approximate surface area is 120 Å². The van der Waals surface area contributed by atoms with Crippen LogP contribution in [0.15, 0.2) is 23.3 Å². The van der Waals surface area contributed by atoms with Gasteiger partial charge in [-0.15, -0.1) is 0 Å². The van der Waals surface area contributed by atoms with Gasteiger partial charge in [0.15, 0.2) is 0 Å². The second-order valence-corrected chi connectivity index (χ2v) is 4.11. The Morgan fingerprint density at radius 3 is 3.00 bits per heavy atom. The van der Waals surface area contributed by atoms with Crippen LogP contribution in [-0.2, 0) is 9.53 Å². The van der Waals surface area contributed by atoms with Crippen molar-refractivity contribution in [2.75, 3.05) is 13.2 Å². The van der Waals surface area contributed by atoms with E-state index in [1.165, 1.54) is 24.4 Å². The van der Waals surface area contributed by atoms with Gasteiger partial charge in [0.1, 0.15) is 0 Å². The molecule has 0 aliphatic carbocycles. The highest BCUT2D eigenvalue weighted by atomic mass is 35.5. The molecule has 0 atom stereocenters. The Balaban J connectivity index is 2.59. The summed E-state index contributed by atoms with van der Waals surface area (Å²) in [6.07, 6.45) is 1.45. The number of rotatable bonds is 7. The summed E-state index contributed by atoms with van der Waals surface area (Å²) in [6.45, 7) is 2.69. The number of hydrogen-bond donors (Lipinski definition) is 1. The van der Waals surface area contributed by atoms with E-state index in [-0.39, 0.29) is 18.0 Å². The van der Waals surface area contributed by atoms with Crippen LogP contribution in [0.4, 0.5) is 5.69 Å². The monoisotopic (exact) mass is 299 g/mol. The molecule has 8 heteroatoms. The smallest absolute Gasteiger partial charge is 0.270 e. The van der Waals surface area contributed by atoms with Crippen LogP contribution in [-0.4, -0.2) is 30.3 Å². The molecule has 108 valence electrons. The topological polar surface area (TPSA) is 93.8 Å². The van der Waals surface area contributed by atoms with Crippen LogP contribution in [0.2, 0.25) is 5.02 Å². The highest BCUT2D eigenvalue weighted by molar-refractivity contribution is 6.33. The van der Waals surface area contributed by atoms with Crippen molar-refractivity contribution >= 4 is 29.4 Å². The minimum absolute atomic E-state index is 0.0986. The van der Waals surface area contributed by atoms with Crippen LogP contribution in [0.3, 0.4) is 0 Å². The summed E-state index contributed by atoms with van der Waals surface area (Å²) in [5, 5.41) is 14.6. The molecule has 0 fully saturated rings. The number of nitro groups is 1. The molecular formula is C12H14ClN3O4. The van der Waals surface area contributed by atoms with Gasteiger partial charge in [-0.2, -0.15) is 5.10 Å². The predicted molar refractivity (Wildman–Crippen MR) is 75.0 cm³/mol. The average Bonchev–Trinajstić information content (AvgIpc) is 2.41. The van der Waals surface area contributed by atoms with Crippen molar-refractivity contribution in [1.29, 1.82) is 0 Å². The van der Waals surface area contributed by atoms with E-state index in [9.17, 15) is 14.9 Å². The fourth-order valence-corrected chi connectivity index (χ4v) is 1.45. The first-order valence-electron chi connectivity index (χ1n) is 5.88. The number of hydrogen-bond acceptors (Lipinski definition) is 5. The molecule has 1 aromatic rings. The molecule has 7 nitrogen and oxygen atoms in total. The summed E-state index contributed by atoms with van der Waals surface area (Å²) in [7, 11) is 0. The van der Waals surface area contributed by atoms with Gasteiger partial charge in [-0.3, -0.25) is 14.9 Å². The van der Waals surface area contributed by atoms with E-state index in [1.807, 2.05) is 6.92 Å². The molecule has 0 spiro atoms. The normalized spacial score (nSPS) is 10.7. The lowest BCUT2D eigenvalue weighted by Gasteiger charge is -2.01. The van der Waals surface area contributed by atoms with Crippen LogP contribution in [0, 0.1) is 10.1 Å². The van der Waals surface area contributed by atoms with E-state index >= 15 is 0 Å². The number of nitrogens with one attached hydrogen (secondary N) is 1. The molecule has 0 radical (unpaired) electrons. The number of amides is 1. The highest BCUT2D eigenvalue weighted by Gasteiger charge is 2.08. The molecule has 0 bridgehead atoms. The Morgan fingerprint density at radius 1 is 1.60 bits per heavy atom. The van der Waals surface area contributed by atoms with E-state index in [0.717, 1.165) is 0 Å². The first-order chi connectivity index (χ1) is 9.54. The zero-order valence-electron chi connectivity index (χ0n) is 10.8. The van der Waals surface area contributed by atoms with Gasteiger partial charge in [0.05, 0.1) is 24.2 Å². The summed E-state index contributed by atoms with van der Waals surface area (Å²) in [4.78, 5) is 21.4. The molecule has 0 heterocycles. The number of hydrazone groups is 1. The number of non-ortho nitro benzene ring substituents is 1. The van der Waals surface area contributed by atoms with Gasteiger partial charge in [-0.25, -0.2) is 5.43 Å². The highest BCUT2D eigenvalue weighted by Crippen LogP contribution is 2.20. The third-order valence-electron chi connectivity index (χ3n) is 2.26. The minimum atomic E-state index is -0.533. The molecule has 0 saturated carbocycles. The Morgan fingerprint density at radius 2 is 2.35 bits per heavy atom. The van der Waals surface area contributed by atoms with Crippen molar-refractivity contribution in [1.82, 2.24) is 5.43 Å². The lowest BCUT2D eigenvalue weighted by atomic mass is 10.2. The fourth-order valence-electron chi connectivity index (χ4n) is 1.28. The largest absolute Gasteiger partial charge is 0.381 e. The van der Waals surface area contributed by atoms with Gasteiger partial charge in [0.25, 0.3) is 5.69 Å². The summed E-state index contributed by atoms with van der Waals surface area (Å²) >= 11 is 5.87. The van der Waals surface area contributed by atoms with Crippen LogP contribution >= 0.6 is 11.6 Å². The van der Waals surface area contributed by atoms with Crippen molar-refractivity contribution in [3.05, 3.63) is 38.9 Å². The number of carbonyl (C=O) groups excluding carboxylic acids is 1. The maximum absolute atomic E-state index is 11.3. The first-order valence-corrected chi connectivity index (χ1v) is 6.26. The molecule has 0 aliphatic rings. The van der Waals surface area contributed by atoms with E-state index < -0.39 is 4.92 Å². The number of halogens is 1. The van der Waals surface area contributed by atoms with Crippen LogP contribution in [0.5, 0.6) is 0 Å². The number of carbonyl (C=O) groups is 1. The molecule has 0 saturated heterocycles. The third kappa shape index (κ3) is 5.33. The van der Waals surface area contributed by atoms with Crippen LogP contribution < -0.4 is 5.43 Å². The lowest BCUT2D eigenvalue weighted by molar-refractivity contribution is -0.384. The van der Waals surface area contributed by atoms with E-state index in [2.05, 4.69) is 10.5 Å². The maximum atomic E-state index is 11.3. The number of ether oxygens (including phenoxy) is 1. The van der Waals surface area contributed by atoms with Gasteiger partial charge in [0.2, 0.25) is 5.91 Å². The predicted octanol–water partition coefficient (Wildman–Crippen LogP) is 2.12. The molecule has 1 rings (SSSR count). The maximum Gasteiger partial charge on any atom is 0.270 e. The summed E-state index contributed by atoms with van der Waals surface area (Å²) in [5.41, 5.74) is 2.54. The van der Waals surface area contributed by atoms with Crippen molar-refractivity contribution in [2.45, 2.75) is 13.3 Å².